The lowest BCUT2D eigenvalue weighted by molar-refractivity contribution is 0.474. The SMILES string of the molecule is CC(Cc1ccc(O)cc1)NCCCCl. The Morgan fingerprint density at radius 2 is 2.00 bits per heavy atom. The number of phenols is 1. The summed E-state index contributed by atoms with van der Waals surface area (Å²) in [5.74, 6) is 1.03. The van der Waals surface area contributed by atoms with E-state index >= 15 is 0 Å². The third-order valence-corrected chi connectivity index (χ3v) is 2.55. The van der Waals surface area contributed by atoms with Crippen LogP contribution in [-0.2, 0) is 6.42 Å². The number of phenolic OH excluding ortho intramolecular Hbond substituents is 1. The van der Waals surface area contributed by atoms with Crippen molar-refractivity contribution in [1.82, 2.24) is 5.32 Å². The van der Waals surface area contributed by atoms with Crippen LogP contribution < -0.4 is 5.32 Å². The van der Waals surface area contributed by atoms with E-state index in [0.717, 1.165) is 19.4 Å². The van der Waals surface area contributed by atoms with Crippen LogP contribution in [0.3, 0.4) is 0 Å². The Hall–Kier alpha value is -0.730. The van der Waals surface area contributed by atoms with Crippen LogP contribution in [0.15, 0.2) is 24.3 Å². The van der Waals surface area contributed by atoms with Gasteiger partial charge in [0.15, 0.2) is 0 Å². The van der Waals surface area contributed by atoms with Gasteiger partial charge in [-0.1, -0.05) is 12.1 Å². The molecule has 15 heavy (non-hydrogen) atoms. The molecule has 1 aromatic carbocycles. The molecule has 84 valence electrons. The summed E-state index contributed by atoms with van der Waals surface area (Å²) < 4.78 is 0. The van der Waals surface area contributed by atoms with Crippen molar-refractivity contribution in [3.63, 3.8) is 0 Å². The van der Waals surface area contributed by atoms with Gasteiger partial charge in [-0.25, -0.2) is 0 Å². The molecule has 1 rings (SSSR count). The van der Waals surface area contributed by atoms with Gasteiger partial charge in [0, 0.05) is 11.9 Å². The van der Waals surface area contributed by atoms with E-state index in [1.165, 1.54) is 5.56 Å². The van der Waals surface area contributed by atoms with Crippen LogP contribution in [0.4, 0.5) is 0 Å². The second-order valence-corrected chi connectivity index (χ2v) is 4.15. The molecule has 1 atom stereocenters. The minimum absolute atomic E-state index is 0.321. The lowest BCUT2D eigenvalue weighted by atomic mass is 10.1. The van der Waals surface area contributed by atoms with E-state index in [-0.39, 0.29) is 0 Å². The highest BCUT2D eigenvalue weighted by Crippen LogP contribution is 2.11. The highest BCUT2D eigenvalue weighted by molar-refractivity contribution is 6.17. The lowest BCUT2D eigenvalue weighted by Gasteiger charge is -2.13. The van der Waals surface area contributed by atoms with Crippen LogP contribution in [0.25, 0.3) is 0 Å². The Morgan fingerprint density at radius 3 is 2.60 bits per heavy atom. The van der Waals surface area contributed by atoms with Crippen molar-refractivity contribution >= 4 is 11.6 Å². The van der Waals surface area contributed by atoms with E-state index in [9.17, 15) is 0 Å². The van der Waals surface area contributed by atoms with Crippen molar-refractivity contribution in [2.24, 2.45) is 0 Å². The smallest absolute Gasteiger partial charge is 0.115 e. The van der Waals surface area contributed by atoms with E-state index in [1.54, 1.807) is 12.1 Å². The van der Waals surface area contributed by atoms with Crippen LogP contribution in [0, 0.1) is 0 Å². The molecule has 0 aliphatic heterocycles. The topological polar surface area (TPSA) is 32.3 Å². The highest BCUT2D eigenvalue weighted by Gasteiger charge is 2.02. The Morgan fingerprint density at radius 1 is 1.33 bits per heavy atom. The molecular formula is C12H18ClNO. The number of rotatable bonds is 6. The van der Waals surface area contributed by atoms with E-state index < -0.39 is 0 Å². The van der Waals surface area contributed by atoms with Crippen molar-refractivity contribution in [2.75, 3.05) is 12.4 Å². The molecule has 3 heteroatoms. The summed E-state index contributed by atoms with van der Waals surface area (Å²) in [7, 11) is 0. The second kappa shape index (κ2) is 6.70. The van der Waals surface area contributed by atoms with Crippen molar-refractivity contribution in [2.45, 2.75) is 25.8 Å². The summed E-state index contributed by atoms with van der Waals surface area (Å²) in [6.07, 6.45) is 1.98. The zero-order valence-electron chi connectivity index (χ0n) is 9.04. The van der Waals surface area contributed by atoms with Gasteiger partial charge in [-0.15, -0.1) is 11.6 Å². The Kier molecular flexibility index (Phi) is 5.51. The van der Waals surface area contributed by atoms with Crippen LogP contribution in [-0.4, -0.2) is 23.6 Å². The van der Waals surface area contributed by atoms with Crippen molar-refractivity contribution in [1.29, 1.82) is 0 Å². The van der Waals surface area contributed by atoms with Gasteiger partial charge >= 0.3 is 0 Å². The van der Waals surface area contributed by atoms with E-state index in [4.69, 9.17) is 16.7 Å². The molecule has 0 aliphatic rings. The minimum atomic E-state index is 0.321. The number of aromatic hydroxyl groups is 1. The fourth-order valence-electron chi connectivity index (χ4n) is 1.47. The van der Waals surface area contributed by atoms with E-state index in [2.05, 4.69) is 12.2 Å². The summed E-state index contributed by atoms with van der Waals surface area (Å²) in [6, 6.07) is 7.80. The normalized spacial score (nSPS) is 12.7. The average molecular weight is 228 g/mol. The predicted octanol–water partition coefficient (Wildman–Crippen LogP) is 2.54. The summed E-state index contributed by atoms with van der Waals surface area (Å²) in [5.41, 5.74) is 1.23. The molecule has 0 amide bonds. The fraction of sp³-hybridized carbons (Fsp3) is 0.500. The largest absolute Gasteiger partial charge is 0.508 e. The van der Waals surface area contributed by atoms with Gasteiger partial charge < -0.3 is 10.4 Å². The summed E-state index contributed by atoms with van der Waals surface area (Å²) >= 11 is 5.59. The maximum atomic E-state index is 9.13. The van der Waals surface area contributed by atoms with Gasteiger partial charge in [0.2, 0.25) is 0 Å². The van der Waals surface area contributed by atoms with Crippen LogP contribution >= 0.6 is 11.6 Å². The van der Waals surface area contributed by atoms with Crippen molar-refractivity contribution in [3.05, 3.63) is 29.8 Å². The Bertz CT molecular complexity index is 273. The number of alkyl halides is 1. The molecule has 2 nitrogen and oxygen atoms in total. The minimum Gasteiger partial charge on any atom is -0.508 e. The summed E-state index contributed by atoms with van der Waals surface area (Å²) in [6.45, 7) is 3.11. The molecule has 1 unspecified atom stereocenters. The molecule has 0 fully saturated rings. The van der Waals surface area contributed by atoms with Crippen LogP contribution in [0.5, 0.6) is 5.75 Å². The third-order valence-electron chi connectivity index (χ3n) is 2.28. The Balaban J connectivity index is 2.31. The molecule has 0 spiro atoms. The lowest BCUT2D eigenvalue weighted by Crippen LogP contribution is -2.29. The number of benzene rings is 1. The van der Waals surface area contributed by atoms with Crippen molar-refractivity contribution < 1.29 is 5.11 Å². The Labute approximate surface area is 96.3 Å². The number of hydrogen-bond acceptors (Lipinski definition) is 2. The molecule has 0 aromatic heterocycles. The quantitative estimate of drug-likeness (QED) is 0.578. The van der Waals surface area contributed by atoms with Gasteiger partial charge in [0.25, 0.3) is 0 Å². The fourth-order valence-corrected chi connectivity index (χ4v) is 1.61. The molecule has 0 heterocycles. The number of nitrogens with one attached hydrogen (secondary N) is 1. The maximum absolute atomic E-state index is 9.13. The third kappa shape index (κ3) is 5.05. The molecular weight excluding hydrogens is 210 g/mol. The first-order valence-electron chi connectivity index (χ1n) is 5.29. The van der Waals surface area contributed by atoms with Crippen LogP contribution in [0.1, 0.15) is 18.9 Å². The molecule has 0 aliphatic carbocycles. The van der Waals surface area contributed by atoms with Crippen molar-refractivity contribution in [3.8, 4) is 5.75 Å². The average Bonchev–Trinajstić information content (AvgIpc) is 2.22. The molecule has 2 N–H and O–H groups in total. The zero-order chi connectivity index (χ0) is 11.1. The summed E-state index contributed by atoms with van der Waals surface area (Å²) in [4.78, 5) is 0. The maximum Gasteiger partial charge on any atom is 0.115 e. The number of hydrogen-bond donors (Lipinski definition) is 2. The van der Waals surface area contributed by atoms with Gasteiger partial charge in [-0.3, -0.25) is 0 Å². The predicted molar refractivity (Wildman–Crippen MR) is 64.6 cm³/mol. The van der Waals surface area contributed by atoms with E-state index in [1.807, 2.05) is 12.1 Å². The van der Waals surface area contributed by atoms with Gasteiger partial charge in [-0.2, -0.15) is 0 Å². The molecule has 0 radical (unpaired) electrons. The van der Waals surface area contributed by atoms with Gasteiger partial charge in [0.1, 0.15) is 5.75 Å². The highest BCUT2D eigenvalue weighted by atomic mass is 35.5. The van der Waals surface area contributed by atoms with Crippen LogP contribution in [0.2, 0.25) is 0 Å². The number of halogens is 1. The van der Waals surface area contributed by atoms with Gasteiger partial charge in [0.05, 0.1) is 0 Å². The molecule has 0 bridgehead atoms. The first-order valence-corrected chi connectivity index (χ1v) is 5.83. The van der Waals surface area contributed by atoms with E-state index in [0.29, 0.717) is 17.7 Å². The standard InChI is InChI=1S/C12H18ClNO/c1-10(14-8-2-7-13)9-11-3-5-12(15)6-4-11/h3-6,10,14-15H,2,7-9H2,1H3. The first-order chi connectivity index (χ1) is 7.22. The zero-order valence-corrected chi connectivity index (χ0v) is 9.80. The monoisotopic (exact) mass is 227 g/mol. The molecule has 1 aromatic rings. The van der Waals surface area contributed by atoms with Gasteiger partial charge in [-0.05, 0) is 44.0 Å². The summed E-state index contributed by atoms with van der Waals surface area (Å²) in [5, 5.41) is 12.5. The first kappa shape index (κ1) is 12.3. The molecule has 0 saturated heterocycles. The molecule has 0 saturated carbocycles. The second-order valence-electron chi connectivity index (χ2n) is 3.77.